The highest BCUT2D eigenvalue weighted by Gasteiger charge is 2.19. The van der Waals surface area contributed by atoms with Crippen molar-refractivity contribution in [2.75, 3.05) is 16.7 Å². The van der Waals surface area contributed by atoms with E-state index in [1.54, 1.807) is 31.3 Å². The molecule has 2 N–H and O–H groups in total. The number of aryl methyl sites for hydroxylation is 2. The second-order valence-electron chi connectivity index (χ2n) is 7.31. The molecule has 0 aliphatic rings. The molecule has 0 atom stereocenters. The lowest BCUT2D eigenvalue weighted by Gasteiger charge is -2.22. The average Bonchev–Trinajstić information content (AvgIpc) is 2.67. The van der Waals surface area contributed by atoms with E-state index in [1.165, 1.54) is 6.07 Å². The van der Waals surface area contributed by atoms with Gasteiger partial charge in [-0.15, -0.1) is 0 Å². The van der Waals surface area contributed by atoms with Gasteiger partial charge in [0.25, 0.3) is 10.0 Å². The summed E-state index contributed by atoms with van der Waals surface area (Å²) in [7, 11) is -2.04. The molecule has 7 heteroatoms. The zero-order chi connectivity index (χ0) is 21.9. The predicted octanol–water partition coefficient (Wildman–Crippen LogP) is 4.44. The second-order valence-corrected chi connectivity index (χ2v) is 8.99. The highest BCUT2D eigenvalue weighted by Crippen LogP contribution is 2.27. The predicted molar refractivity (Wildman–Crippen MR) is 119 cm³/mol. The molecule has 3 aromatic rings. The maximum Gasteiger partial charge on any atom is 0.337 e. The molecule has 0 spiro atoms. The van der Waals surface area contributed by atoms with Crippen LogP contribution < -0.4 is 9.62 Å². The molecule has 0 aliphatic heterocycles. The Morgan fingerprint density at radius 3 is 2.20 bits per heavy atom. The third-order valence-corrected chi connectivity index (χ3v) is 6.02. The fourth-order valence-electron chi connectivity index (χ4n) is 3.35. The first kappa shape index (κ1) is 21.4. The first-order valence-electron chi connectivity index (χ1n) is 9.39. The standard InChI is InChI=1S/C23H24N2O4S/c1-16-11-17(2)13-20(12-16)30(28,29)24-19-9-10-22(21(14-19)23(26)27)25(3)15-18-7-5-4-6-8-18/h4-14,24H,15H2,1-3H3,(H,26,27). The third-order valence-electron chi connectivity index (χ3n) is 4.66. The number of hydrogen-bond acceptors (Lipinski definition) is 4. The van der Waals surface area contributed by atoms with Crippen LogP contribution in [0.1, 0.15) is 27.0 Å². The third kappa shape index (κ3) is 4.99. The summed E-state index contributed by atoms with van der Waals surface area (Å²) in [5.74, 6) is -1.13. The van der Waals surface area contributed by atoms with E-state index in [2.05, 4.69) is 4.72 Å². The lowest BCUT2D eigenvalue weighted by atomic mass is 10.1. The number of carboxylic acids is 1. The summed E-state index contributed by atoms with van der Waals surface area (Å²) < 4.78 is 28.0. The number of rotatable bonds is 7. The van der Waals surface area contributed by atoms with Gasteiger partial charge in [0.1, 0.15) is 0 Å². The van der Waals surface area contributed by atoms with E-state index < -0.39 is 16.0 Å². The van der Waals surface area contributed by atoms with Crippen LogP contribution in [0.5, 0.6) is 0 Å². The maximum absolute atomic E-state index is 12.8. The van der Waals surface area contributed by atoms with Crippen molar-refractivity contribution in [2.24, 2.45) is 0 Å². The summed E-state index contributed by atoms with van der Waals surface area (Å²) in [6.45, 7) is 4.17. The van der Waals surface area contributed by atoms with Crippen molar-refractivity contribution >= 4 is 27.4 Å². The molecule has 0 radical (unpaired) electrons. The van der Waals surface area contributed by atoms with Crippen LogP contribution in [0.3, 0.4) is 0 Å². The topological polar surface area (TPSA) is 86.7 Å². The number of nitrogens with zero attached hydrogens (tertiary/aromatic N) is 1. The molecular weight excluding hydrogens is 400 g/mol. The smallest absolute Gasteiger partial charge is 0.337 e. The lowest BCUT2D eigenvalue weighted by molar-refractivity contribution is 0.0697. The van der Waals surface area contributed by atoms with Gasteiger partial charge < -0.3 is 10.0 Å². The molecule has 156 valence electrons. The van der Waals surface area contributed by atoms with Gasteiger partial charge in [-0.05, 0) is 60.9 Å². The van der Waals surface area contributed by atoms with Gasteiger partial charge in [-0.25, -0.2) is 13.2 Å². The molecule has 0 fully saturated rings. The Hall–Kier alpha value is -3.32. The molecule has 0 saturated carbocycles. The van der Waals surface area contributed by atoms with Gasteiger partial charge >= 0.3 is 5.97 Å². The van der Waals surface area contributed by atoms with Gasteiger partial charge in [-0.2, -0.15) is 0 Å². The van der Waals surface area contributed by atoms with Crippen molar-refractivity contribution in [3.05, 3.63) is 89.0 Å². The molecular formula is C23H24N2O4S. The van der Waals surface area contributed by atoms with Crippen LogP contribution in [0.15, 0.2) is 71.6 Å². The zero-order valence-corrected chi connectivity index (χ0v) is 17.9. The number of anilines is 2. The van der Waals surface area contributed by atoms with Crippen LogP contribution in [0, 0.1) is 13.8 Å². The first-order valence-corrected chi connectivity index (χ1v) is 10.9. The molecule has 0 unspecified atom stereocenters. The van der Waals surface area contributed by atoms with E-state index in [0.717, 1.165) is 16.7 Å². The van der Waals surface area contributed by atoms with E-state index in [1.807, 2.05) is 55.1 Å². The van der Waals surface area contributed by atoms with Crippen molar-refractivity contribution in [1.29, 1.82) is 0 Å². The Balaban J connectivity index is 1.90. The van der Waals surface area contributed by atoms with Gasteiger partial charge in [0, 0.05) is 19.3 Å². The lowest BCUT2D eigenvalue weighted by Crippen LogP contribution is -2.20. The molecule has 3 rings (SSSR count). The van der Waals surface area contributed by atoms with Gasteiger partial charge in [0.05, 0.1) is 16.1 Å². The SMILES string of the molecule is Cc1cc(C)cc(S(=O)(=O)Nc2ccc(N(C)Cc3ccccc3)c(C(=O)O)c2)c1. The van der Waals surface area contributed by atoms with E-state index in [-0.39, 0.29) is 16.1 Å². The highest BCUT2D eigenvalue weighted by molar-refractivity contribution is 7.92. The molecule has 0 aliphatic carbocycles. The summed E-state index contributed by atoms with van der Waals surface area (Å²) >= 11 is 0. The Bertz CT molecular complexity index is 1150. The van der Waals surface area contributed by atoms with Crippen LogP contribution in [0.4, 0.5) is 11.4 Å². The number of nitrogens with one attached hydrogen (secondary N) is 1. The molecule has 6 nitrogen and oxygen atoms in total. The van der Waals surface area contributed by atoms with Crippen LogP contribution in [-0.4, -0.2) is 26.5 Å². The molecule has 0 amide bonds. The largest absolute Gasteiger partial charge is 0.478 e. The highest BCUT2D eigenvalue weighted by atomic mass is 32.2. The Morgan fingerprint density at radius 2 is 1.60 bits per heavy atom. The Kier molecular flexibility index (Phi) is 6.12. The number of sulfonamides is 1. The Labute approximate surface area is 176 Å². The normalized spacial score (nSPS) is 11.2. The summed E-state index contributed by atoms with van der Waals surface area (Å²) in [4.78, 5) is 13.8. The zero-order valence-electron chi connectivity index (χ0n) is 17.1. The minimum absolute atomic E-state index is 0.0223. The van der Waals surface area contributed by atoms with E-state index in [0.29, 0.717) is 12.2 Å². The number of benzene rings is 3. The van der Waals surface area contributed by atoms with Crippen molar-refractivity contribution in [1.82, 2.24) is 0 Å². The fourth-order valence-corrected chi connectivity index (χ4v) is 4.59. The van der Waals surface area contributed by atoms with Gasteiger partial charge in [0.2, 0.25) is 0 Å². The van der Waals surface area contributed by atoms with Crippen LogP contribution >= 0.6 is 0 Å². The van der Waals surface area contributed by atoms with Crippen molar-refractivity contribution in [3.8, 4) is 0 Å². The molecule has 0 heterocycles. The summed E-state index contributed by atoms with van der Waals surface area (Å²) in [6, 6.07) is 19.3. The molecule has 0 aromatic heterocycles. The van der Waals surface area contributed by atoms with Crippen LogP contribution in [-0.2, 0) is 16.6 Å². The summed E-state index contributed by atoms with van der Waals surface area (Å²) in [6.07, 6.45) is 0. The fraction of sp³-hybridized carbons (Fsp3) is 0.174. The van der Waals surface area contributed by atoms with Crippen molar-refractivity contribution in [2.45, 2.75) is 25.3 Å². The summed E-state index contributed by atoms with van der Waals surface area (Å²) in [5, 5.41) is 9.69. The van der Waals surface area contributed by atoms with Crippen molar-refractivity contribution < 1.29 is 18.3 Å². The number of carboxylic acid groups (broad SMARTS) is 1. The van der Waals surface area contributed by atoms with E-state index in [4.69, 9.17) is 0 Å². The van der Waals surface area contributed by atoms with E-state index in [9.17, 15) is 18.3 Å². The maximum atomic E-state index is 12.8. The molecule has 30 heavy (non-hydrogen) atoms. The van der Waals surface area contributed by atoms with E-state index >= 15 is 0 Å². The van der Waals surface area contributed by atoms with Crippen LogP contribution in [0.25, 0.3) is 0 Å². The van der Waals surface area contributed by atoms with Crippen molar-refractivity contribution in [3.63, 3.8) is 0 Å². The number of aromatic carboxylic acids is 1. The molecule has 0 saturated heterocycles. The molecule has 3 aromatic carbocycles. The van der Waals surface area contributed by atoms with Crippen LogP contribution in [0.2, 0.25) is 0 Å². The second kappa shape index (κ2) is 8.59. The van der Waals surface area contributed by atoms with Gasteiger partial charge in [-0.1, -0.05) is 36.4 Å². The Morgan fingerprint density at radius 1 is 0.967 bits per heavy atom. The number of carbonyl (C=O) groups is 1. The first-order chi connectivity index (χ1) is 14.2. The van der Waals surface area contributed by atoms with Gasteiger partial charge in [-0.3, -0.25) is 4.72 Å². The minimum Gasteiger partial charge on any atom is -0.478 e. The molecule has 0 bridgehead atoms. The summed E-state index contributed by atoms with van der Waals surface area (Å²) in [5.41, 5.74) is 3.42. The monoisotopic (exact) mass is 424 g/mol. The number of hydrogen-bond donors (Lipinski definition) is 2. The average molecular weight is 425 g/mol. The quantitative estimate of drug-likeness (QED) is 0.586. The minimum atomic E-state index is -3.84. The van der Waals surface area contributed by atoms with Gasteiger partial charge in [0.15, 0.2) is 0 Å².